The molecule has 0 radical (unpaired) electrons. The molecule has 6 nitrogen and oxygen atoms in total. The van der Waals surface area contributed by atoms with Gasteiger partial charge >= 0.3 is 0 Å². The summed E-state index contributed by atoms with van der Waals surface area (Å²) in [4.78, 5) is 14.3. The van der Waals surface area contributed by atoms with Crippen molar-refractivity contribution >= 4 is 17.6 Å². The number of nitrogens with zero attached hydrogens (tertiary/aromatic N) is 3. The van der Waals surface area contributed by atoms with Crippen molar-refractivity contribution in [2.45, 2.75) is 6.42 Å². The van der Waals surface area contributed by atoms with Gasteiger partial charge in [0.2, 0.25) is 0 Å². The van der Waals surface area contributed by atoms with Crippen LogP contribution in [-0.4, -0.2) is 16.2 Å². The fourth-order valence-corrected chi connectivity index (χ4v) is 1.74. The molecule has 6 heteroatoms. The third-order valence-electron chi connectivity index (χ3n) is 2.77. The summed E-state index contributed by atoms with van der Waals surface area (Å²) in [7, 11) is 0. The minimum absolute atomic E-state index is 0.0856. The number of hydrogen-bond donors (Lipinski definition) is 1. The summed E-state index contributed by atoms with van der Waals surface area (Å²) in [6.45, 7) is 0. The smallest absolute Gasteiger partial charge is 0.270 e. The molecule has 0 saturated carbocycles. The molecular weight excluding hydrogens is 270 g/mol. The summed E-state index contributed by atoms with van der Waals surface area (Å²) in [6, 6.07) is 12.8. The Balaban J connectivity index is 2.29. The molecular formula is C15H11N3O3. The Morgan fingerprint density at radius 1 is 1.33 bits per heavy atom. The van der Waals surface area contributed by atoms with E-state index >= 15 is 0 Å². The van der Waals surface area contributed by atoms with E-state index in [0.717, 1.165) is 5.56 Å². The summed E-state index contributed by atoms with van der Waals surface area (Å²) in [6.07, 6.45) is 1.64. The lowest BCUT2D eigenvalue weighted by molar-refractivity contribution is -0.384. The highest BCUT2D eigenvalue weighted by atomic mass is 16.6. The molecule has 0 aliphatic rings. The van der Waals surface area contributed by atoms with Crippen molar-refractivity contribution in [2.24, 2.45) is 4.99 Å². The SMILES string of the molecule is N#CCc1cccc(/N=C/c2cc([N+](=O)[O-])ccc2O)c1. The number of aliphatic imine (C=N–C) groups is 1. The molecule has 0 amide bonds. The van der Waals surface area contributed by atoms with Crippen LogP contribution in [0.1, 0.15) is 11.1 Å². The first-order chi connectivity index (χ1) is 10.1. The lowest BCUT2D eigenvalue weighted by Gasteiger charge is -2.00. The Morgan fingerprint density at radius 2 is 2.14 bits per heavy atom. The molecule has 0 aromatic heterocycles. The minimum Gasteiger partial charge on any atom is -0.507 e. The molecule has 2 aromatic carbocycles. The predicted octanol–water partition coefficient (Wildman–Crippen LogP) is 3.12. The van der Waals surface area contributed by atoms with Gasteiger partial charge in [-0.25, -0.2) is 0 Å². The average Bonchev–Trinajstić information content (AvgIpc) is 2.47. The van der Waals surface area contributed by atoms with Crippen LogP contribution in [0.5, 0.6) is 5.75 Å². The van der Waals surface area contributed by atoms with E-state index in [4.69, 9.17) is 5.26 Å². The molecule has 0 atom stereocenters. The maximum Gasteiger partial charge on any atom is 0.270 e. The molecule has 2 rings (SSSR count). The Morgan fingerprint density at radius 3 is 2.86 bits per heavy atom. The topological polar surface area (TPSA) is 99.5 Å². The van der Waals surface area contributed by atoms with Crippen molar-refractivity contribution in [3.8, 4) is 11.8 Å². The quantitative estimate of drug-likeness (QED) is 0.528. The second-order valence-corrected chi connectivity index (χ2v) is 4.26. The minimum atomic E-state index is -0.537. The Kier molecular flexibility index (Phi) is 4.26. The number of hydrogen-bond acceptors (Lipinski definition) is 5. The zero-order chi connectivity index (χ0) is 15.2. The van der Waals surface area contributed by atoms with Crippen LogP contribution in [0.2, 0.25) is 0 Å². The summed E-state index contributed by atoms with van der Waals surface area (Å²) in [5.41, 5.74) is 1.58. The van der Waals surface area contributed by atoms with Gasteiger partial charge in [0.1, 0.15) is 5.75 Å². The van der Waals surface area contributed by atoms with Crippen LogP contribution in [0.25, 0.3) is 0 Å². The van der Waals surface area contributed by atoms with Gasteiger partial charge in [-0.2, -0.15) is 5.26 Å². The highest BCUT2D eigenvalue weighted by Gasteiger charge is 2.08. The molecule has 104 valence electrons. The zero-order valence-electron chi connectivity index (χ0n) is 10.9. The van der Waals surface area contributed by atoms with E-state index < -0.39 is 4.92 Å². The molecule has 0 aliphatic heterocycles. The molecule has 21 heavy (non-hydrogen) atoms. The first-order valence-electron chi connectivity index (χ1n) is 6.07. The molecule has 0 unspecified atom stereocenters. The molecule has 0 saturated heterocycles. The summed E-state index contributed by atoms with van der Waals surface area (Å²) < 4.78 is 0. The van der Waals surface area contributed by atoms with Crippen LogP contribution in [0, 0.1) is 21.4 Å². The summed E-state index contributed by atoms with van der Waals surface area (Å²) in [5.74, 6) is -0.0856. The molecule has 2 aromatic rings. The Bertz CT molecular complexity index is 748. The summed E-state index contributed by atoms with van der Waals surface area (Å²) in [5, 5.41) is 29.0. The number of nitriles is 1. The van der Waals surface area contributed by atoms with Gasteiger partial charge in [0.05, 0.1) is 23.1 Å². The fourth-order valence-electron chi connectivity index (χ4n) is 1.74. The molecule has 0 aliphatic carbocycles. The second kappa shape index (κ2) is 6.30. The van der Waals surface area contributed by atoms with Crippen molar-refractivity contribution in [3.63, 3.8) is 0 Å². The van der Waals surface area contributed by atoms with Crippen LogP contribution < -0.4 is 0 Å². The van der Waals surface area contributed by atoms with E-state index in [9.17, 15) is 15.2 Å². The van der Waals surface area contributed by atoms with Gasteiger partial charge in [-0.15, -0.1) is 0 Å². The summed E-state index contributed by atoms with van der Waals surface area (Å²) >= 11 is 0. The van der Waals surface area contributed by atoms with Crippen LogP contribution in [0.4, 0.5) is 11.4 Å². The van der Waals surface area contributed by atoms with Gasteiger partial charge in [0.15, 0.2) is 0 Å². The van der Waals surface area contributed by atoms with Crippen LogP contribution in [0.3, 0.4) is 0 Å². The highest BCUT2D eigenvalue weighted by Crippen LogP contribution is 2.22. The number of benzene rings is 2. The molecule has 0 heterocycles. The van der Waals surface area contributed by atoms with E-state index in [1.165, 1.54) is 24.4 Å². The van der Waals surface area contributed by atoms with Crippen molar-refractivity contribution in [2.75, 3.05) is 0 Å². The normalized spacial score (nSPS) is 10.4. The fraction of sp³-hybridized carbons (Fsp3) is 0.0667. The number of rotatable bonds is 4. The molecule has 1 N–H and O–H groups in total. The number of non-ortho nitro benzene ring substituents is 1. The predicted molar refractivity (Wildman–Crippen MR) is 77.8 cm³/mol. The number of phenols is 1. The lowest BCUT2D eigenvalue weighted by atomic mass is 10.1. The van der Waals surface area contributed by atoms with Gasteiger partial charge in [0, 0.05) is 23.9 Å². The van der Waals surface area contributed by atoms with Gasteiger partial charge in [-0.3, -0.25) is 15.1 Å². The molecule has 0 bridgehead atoms. The average molecular weight is 281 g/mol. The van der Waals surface area contributed by atoms with Gasteiger partial charge < -0.3 is 5.11 Å². The third kappa shape index (κ3) is 3.64. The number of phenolic OH excluding ortho intramolecular Hbond substituents is 1. The highest BCUT2D eigenvalue weighted by molar-refractivity contribution is 5.86. The van der Waals surface area contributed by atoms with E-state index in [1.54, 1.807) is 18.2 Å². The maximum atomic E-state index is 10.7. The Labute approximate surface area is 120 Å². The number of nitro groups is 1. The van der Waals surface area contributed by atoms with Crippen molar-refractivity contribution < 1.29 is 10.0 Å². The van der Waals surface area contributed by atoms with Crippen LogP contribution in [0.15, 0.2) is 47.5 Å². The standard InChI is InChI=1S/C15H11N3O3/c16-7-6-11-2-1-3-13(8-11)17-10-12-9-14(18(20)21)4-5-15(12)19/h1-5,8-10,19H,6H2/b17-10+. The molecule has 0 spiro atoms. The van der Waals surface area contributed by atoms with E-state index in [-0.39, 0.29) is 23.4 Å². The monoisotopic (exact) mass is 281 g/mol. The van der Waals surface area contributed by atoms with Crippen LogP contribution in [-0.2, 0) is 6.42 Å². The molecule has 0 fully saturated rings. The van der Waals surface area contributed by atoms with E-state index in [2.05, 4.69) is 4.99 Å². The van der Waals surface area contributed by atoms with Gasteiger partial charge in [-0.05, 0) is 23.8 Å². The van der Waals surface area contributed by atoms with Crippen molar-refractivity contribution in [3.05, 3.63) is 63.7 Å². The van der Waals surface area contributed by atoms with Crippen LogP contribution >= 0.6 is 0 Å². The first-order valence-corrected chi connectivity index (χ1v) is 6.07. The zero-order valence-corrected chi connectivity index (χ0v) is 10.9. The largest absolute Gasteiger partial charge is 0.507 e. The number of aromatic hydroxyl groups is 1. The van der Waals surface area contributed by atoms with E-state index in [1.807, 2.05) is 12.1 Å². The van der Waals surface area contributed by atoms with Crippen molar-refractivity contribution in [1.82, 2.24) is 0 Å². The van der Waals surface area contributed by atoms with Gasteiger partial charge in [-0.1, -0.05) is 12.1 Å². The second-order valence-electron chi connectivity index (χ2n) is 4.26. The Hall–Kier alpha value is -3.20. The maximum absolute atomic E-state index is 10.7. The van der Waals surface area contributed by atoms with E-state index in [0.29, 0.717) is 5.69 Å². The number of nitro benzene ring substituents is 1. The van der Waals surface area contributed by atoms with Crippen molar-refractivity contribution in [1.29, 1.82) is 5.26 Å². The third-order valence-corrected chi connectivity index (χ3v) is 2.77. The van der Waals surface area contributed by atoms with Gasteiger partial charge in [0.25, 0.3) is 5.69 Å². The lowest BCUT2D eigenvalue weighted by Crippen LogP contribution is -1.90. The first kappa shape index (κ1) is 14.2.